The van der Waals surface area contributed by atoms with E-state index in [2.05, 4.69) is 26.1 Å². The summed E-state index contributed by atoms with van der Waals surface area (Å²) < 4.78 is 30.9. The Morgan fingerprint density at radius 2 is 2.00 bits per heavy atom. The monoisotopic (exact) mass is 260 g/mol. The highest BCUT2D eigenvalue weighted by molar-refractivity contribution is 9.10. The molecule has 14 heavy (non-hydrogen) atoms. The number of rotatable bonds is 1. The molecule has 0 aliphatic rings. The first-order valence-electron chi connectivity index (χ1n) is 3.62. The number of hydrogen-bond donors (Lipinski definition) is 0. The van der Waals surface area contributed by atoms with E-state index in [0.29, 0.717) is 0 Å². The zero-order valence-electron chi connectivity index (χ0n) is 6.67. The van der Waals surface area contributed by atoms with Crippen molar-refractivity contribution in [2.45, 2.75) is 0 Å². The smallest absolute Gasteiger partial charge is 0.285 e. The molecule has 0 aliphatic carbocycles. The fourth-order valence-corrected chi connectivity index (χ4v) is 1.22. The van der Waals surface area contributed by atoms with Gasteiger partial charge in [-0.25, -0.2) is 8.78 Å². The lowest BCUT2D eigenvalue weighted by molar-refractivity contribution is 0.498. The third kappa shape index (κ3) is 1.52. The van der Waals surface area contributed by atoms with Crippen molar-refractivity contribution >= 4 is 15.9 Å². The number of benzene rings is 1. The molecule has 0 amide bonds. The van der Waals surface area contributed by atoms with Gasteiger partial charge in [-0.2, -0.15) is 0 Å². The molecular weight excluding hydrogens is 258 g/mol. The van der Waals surface area contributed by atoms with Gasteiger partial charge in [0, 0.05) is 15.9 Å². The van der Waals surface area contributed by atoms with Crippen molar-refractivity contribution in [3.63, 3.8) is 0 Å². The Morgan fingerprint density at radius 1 is 1.21 bits per heavy atom. The molecule has 0 radical (unpaired) electrons. The molecule has 0 unspecified atom stereocenters. The summed E-state index contributed by atoms with van der Waals surface area (Å²) in [6, 6.07) is 3.74. The predicted molar refractivity (Wildman–Crippen MR) is 47.3 cm³/mol. The maximum Gasteiger partial charge on any atom is 0.285 e. The van der Waals surface area contributed by atoms with Crippen LogP contribution in [-0.2, 0) is 0 Å². The molecule has 0 saturated heterocycles. The molecule has 2 rings (SSSR count). The highest BCUT2D eigenvalue weighted by atomic mass is 79.9. The Kier molecular flexibility index (Phi) is 2.28. The topological polar surface area (TPSA) is 38.9 Å². The fourth-order valence-electron chi connectivity index (χ4n) is 0.983. The van der Waals surface area contributed by atoms with Crippen LogP contribution in [0.2, 0.25) is 0 Å². The first-order chi connectivity index (χ1) is 6.68. The van der Waals surface area contributed by atoms with Gasteiger partial charge in [0.1, 0.15) is 0 Å². The summed E-state index contributed by atoms with van der Waals surface area (Å²) >= 11 is 2.92. The summed E-state index contributed by atoms with van der Waals surface area (Å²) in [5.41, 5.74) is -0.0526. The van der Waals surface area contributed by atoms with Crippen LogP contribution in [0.1, 0.15) is 0 Å². The van der Waals surface area contributed by atoms with Crippen LogP contribution >= 0.6 is 15.9 Å². The molecule has 1 aromatic carbocycles. The van der Waals surface area contributed by atoms with E-state index < -0.39 is 11.6 Å². The van der Waals surface area contributed by atoms with Gasteiger partial charge < -0.3 is 4.42 Å². The molecular formula is C8H3BrF2N2O. The minimum Gasteiger partial charge on any atom is -0.411 e. The minimum absolute atomic E-state index is 0.0526. The molecule has 6 heteroatoms. The number of halogens is 3. The average molecular weight is 261 g/mol. The van der Waals surface area contributed by atoms with Crippen molar-refractivity contribution in [3.8, 4) is 11.5 Å². The summed E-state index contributed by atoms with van der Waals surface area (Å²) in [6.07, 6.45) is 0. The van der Waals surface area contributed by atoms with Crippen LogP contribution < -0.4 is 0 Å². The summed E-state index contributed by atoms with van der Waals surface area (Å²) in [5.74, 6) is -2.01. The largest absolute Gasteiger partial charge is 0.411 e. The second-order valence-corrected chi connectivity index (χ2v) is 3.14. The first kappa shape index (κ1) is 9.26. The summed E-state index contributed by atoms with van der Waals surface area (Å²) in [7, 11) is 0. The van der Waals surface area contributed by atoms with Gasteiger partial charge in [0.2, 0.25) is 0 Å². The molecule has 0 aliphatic heterocycles. The van der Waals surface area contributed by atoms with Crippen LogP contribution in [0.5, 0.6) is 0 Å². The van der Waals surface area contributed by atoms with Crippen LogP contribution in [0.25, 0.3) is 11.5 Å². The van der Waals surface area contributed by atoms with Gasteiger partial charge in [0.05, 0.1) is 5.56 Å². The minimum atomic E-state index is -0.997. The van der Waals surface area contributed by atoms with Crippen LogP contribution in [0.4, 0.5) is 8.78 Å². The Balaban J connectivity index is 2.57. The Hall–Kier alpha value is -1.30. The molecule has 0 spiro atoms. The lowest BCUT2D eigenvalue weighted by Crippen LogP contribution is -1.88. The van der Waals surface area contributed by atoms with E-state index in [0.717, 1.165) is 6.07 Å². The van der Waals surface area contributed by atoms with E-state index in [1.807, 2.05) is 0 Å². The highest BCUT2D eigenvalue weighted by Gasteiger charge is 2.14. The molecule has 2 aromatic rings. The summed E-state index contributed by atoms with van der Waals surface area (Å²) in [6.45, 7) is 0. The van der Waals surface area contributed by atoms with Crippen LogP contribution in [0, 0.1) is 11.6 Å². The van der Waals surface area contributed by atoms with Gasteiger partial charge in [0.25, 0.3) is 10.7 Å². The second kappa shape index (κ2) is 3.45. The van der Waals surface area contributed by atoms with Gasteiger partial charge >= 0.3 is 0 Å². The third-order valence-electron chi connectivity index (χ3n) is 1.58. The second-order valence-electron chi connectivity index (χ2n) is 2.46. The van der Waals surface area contributed by atoms with Crippen LogP contribution in [0.15, 0.2) is 27.4 Å². The SMILES string of the molecule is Fc1cccc(-c2nnc(Br)o2)c1F. The lowest BCUT2D eigenvalue weighted by Gasteiger charge is -1.96. The number of hydrogen-bond acceptors (Lipinski definition) is 3. The van der Waals surface area contributed by atoms with Crippen molar-refractivity contribution in [2.24, 2.45) is 0 Å². The van der Waals surface area contributed by atoms with Gasteiger partial charge in [-0.3, -0.25) is 0 Å². The van der Waals surface area contributed by atoms with Crippen molar-refractivity contribution < 1.29 is 13.2 Å². The molecule has 1 heterocycles. The Labute approximate surface area is 85.9 Å². The molecule has 72 valence electrons. The predicted octanol–water partition coefficient (Wildman–Crippen LogP) is 2.78. The Morgan fingerprint density at radius 3 is 2.64 bits per heavy atom. The standard InChI is InChI=1S/C8H3BrF2N2O/c9-8-13-12-7(14-8)4-2-1-3-5(10)6(4)11/h1-3H. The van der Waals surface area contributed by atoms with Crippen molar-refractivity contribution in [1.82, 2.24) is 10.2 Å². The highest BCUT2D eigenvalue weighted by Crippen LogP contribution is 2.24. The molecule has 0 atom stereocenters. The van der Waals surface area contributed by atoms with Crippen molar-refractivity contribution in [2.75, 3.05) is 0 Å². The van der Waals surface area contributed by atoms with Gasteiger partial charge in [0.15, 0.2) is 11.6 Å². The van der Waals surface area contributed by atoms with E-state index in [1.54, 1.807) is 0 Å². The molecule has 0 bridgehead atoms. The van der Waals surface area contributed by atoms with E-state index in [9.17, 15) is 8.78 Å². The normalized spacial score (nSPS) is 10.5. The third-order valence-corrected chi connectivity index (χ3v) is 1.90. The molecule has 0 N–H and O–H groups in total. The molecule has 0 fully saturated rings. The van der Waals surface area contributed by atoms with Crippen LogP contribution in [0.3, 0.4) is 0 Å². The Bertz CT molecular complexity index is 472. The van der Waals surface area contributed by atoms with Crippen molar-refractivity contribution in [1.29, 1.82) is 0 Å². The van der Waals surface area contributed by atoms with Gasteiger partial charge in [-0.15, -0.1) is 10.2 Å². The zero-order chi connectivity index (χ0) is 10.1. The first-order valence-corrected chi connectivity index (χ1v) is 4.41. The molecule has 3 nitrogen and oxygen atoms in total. The lowest BCUT2D eigenvalue weighted by atomic mass is 10.2. The average Bonchev–Trinajstić information content (AvgIpc) is 2.57. The maximum absolute atomic E-state index is 13.2. The number of aromatic nitrogens is 2. The van der Waals surface area contributed by atoms with E-state index >= 15 is 0 Å². The van der Waals surface area contributed by atoms with E-state index in [-0.39, 0.29) is 16.3 Å². The molecule has 1 aromatic heterocycles. The maximum atomic E-state index is 13.2. The number of nitrogens with zero attached hydrogens (tertiary/aromatic N) is 2. The summed E-state index contributed by atoms with van der Waals surface area (Å²) in [5, 5.41) is 6.99. The quantitative estimate of drug-likeness (QED) is 0.792. The van der Waals surface area contributed by atoms with Crippen LogP contribution in [-0.4, -0.2) is 10.2 Å². The van der Waals surface area contributed by atoms with Gasteiger partial charge in [-0.05, 0) is 12.1 Å². The fraction of sp³-hybridized carbons (Fsp3) is 0. The summed E-state index contributed by atoms with van der Waals surface area (Å²) in [4.78, 5) is 0.121. The van der Waals surface area contributed by atoms with E-state index in [4.69, 9.17) is 4.42 Å². The van der Waals surface area contributed by atoms with Gasteiger partial charge in [-0.1, -0.05) is 6.07 Å². The van der Waals surface area contributed by atoms with Crippen molar-refractivity contribution in [3.05, 3.63) is 34.6 Å². The molecule has 0 saturated carbocycles. The zero-order valence-corrected chi connectivity index (χ0v) is 8.25. The van der Waals surface area contributed by atoms with E-state index in [1.165, 1.54) is 12.1 Å².